The van der Waals surface area contributed by atoms with E-state index in [2.05, 4.69) is 10.2 Å². The average Bonchev–Trinajstić information content (AvgIpc) is 3.10. The monoisotopic (exact) mass is 415 g/mol. The minimum absolute atomic E-state index is 0.00390. The number of rotatable bonds is 6. The normalized spacial score (nSPS) is 35.9. The highest BCUT2D eigenvalue weighted by Gasteiger charge is 2.50. The molecule has 6 rings (SSSR count). The van der Waals surface area contributed by atoms with Crippen molar-refractivity contribution in [3.63, 3.8) is 0 Å². The van der Waals surface area contributed by atoms with Crippen molar-refractivity contribution in [3.8, 4) is 0 Å². The molecule has 1 heterocycles. The van der Waals surface area contributed by atoms with E-state index >= 15 is 0 Å². The van der Waals surface area contributed by atoms with Gasteiger partial charge in [-0.1, -0.05) is 17.7 Å². The van der Waals surface area contributed by atoms with E-state index in [9.17, 15) is 4.79 Å². The summed E-state index contributed by atoms with van der Waals surface area (Å²) in [5.41, 5.74) is 8.16. The number of nitrogens with zero attached hydrogens (tertiary/aromatic N) is 1. The molecule has 5 heteroatoms. The van der Waals surface area contributed by atoms with E-state index in [0.717, 1.165) is 56.8 Å². The number of halogens is 1. The van der Waals surface area contributed by atoms with Crippen LogP contribution < -0.4 is 11.1 Å². The van der Waals surface area contributed by atoms with E-state index in [4.69, 9.17) is 17.3 Å². The molecule has 4 saturated carbocycles. The fourth-order valence-corrected chi connectivity index (χ4v) is 7.33. The SMILES string of the molecule is N[C@@H]1CCN(CCc2ccc(Cl)c(C(=O)NCC34CC5CC(CC(C5)C3)C4)c2)C1. The second kappa shape index (κ2) is 7.86. The molecular formula is C24H34ClN3O. The molecular weight excluding hydrogens is 382 g/mol. The van der Waals surface area contributed by atoms with Crippen molar-refractivity contribution in [2.45, 2.75) is 57.4 Å². The Morgan fingerprint density at radius 1 is 1.17 bits per heavy atom. The molecule has 4 nitrogen and oxygen atoms in total. The van der Waals surface area contributed by atoms with Crippen LogP contribution in [0.5, 0.6) is 0 Å². The van der Waals surface area contributed by atoms with Crippen LogP contribution in [0, 0.1) is 23.2 Å². The van der Waals surface area contributed by atoms with Gasteiger partial charge in [-0.05, 0) is 98.8 Å². The van der Waals surface area contributed by atoms with E-state index < -0.39 is 0 Å². The van der Waals surface area contributed by atoms with Gasteiger partial charge in [0.15, 0.2) is 0 Å². The minimum Gasteiger partial charge on any atom is -0.351 e. The molecule has 1 saturated heterocycles. The molecule has 4 aliphatic carbocycles. The van der Waals surface area contributed by atoms with Crippen molar-refractivity contribution in [1.82, 2.24) is 10.2 Å². The highest BCUT2D eigenvalue weighted by molar-refractivity contribution is 6.33. The number of carbonyl (C=O) groups is 1. The number of amides is 1. The first-order valence-electron chi connectivity index (χ1n) is 11.5. The lowest BCUT2D eigenvalue weighted by Crippen LogP contribution is -2.51. The van der Waals surface area contributed by atoms with Crippen LogP contribution in [0.1, 0.15) is 60.9 Å². The van der Waals surface area contributed by atoms with Crippen LogP contribution in [0.25, 0.3) is 0 Å². The van der Waals surface area contributed by atoms with Crippen molar-refractivity contribution < 1.29 is 4.79 Å². The van der Waals surface area contributed by atoms with Crippen LogP contribution in [0.4, 0.5) is 0 Å². The van der Waals surface area contributed by atoms with Crippen molar-refractivity contribution in [2.24, 2.45) is 28.9 Å². The second-order valence-corrected chi connectivity index (χ2v) is 10.9. The summed E-state index contributed by atoms with van der Waals surface area (Å²) in [6.45, 7) is 3.87. The maximum Gasteiger partial charge on any atom is 0.252 e. The number of nitrogens with one attached hydrogen (secondary N) is 1. The molecule has 3 N–H and O–H groups in total. The van der Waals surface area contributed by atoms with Gasteiger partial charge in [0, 0.05) is 25.7 Å². The Bertz CT molecular complexity index is 744. The quantitative estimate of drug-likeness (QED) is 0.741. The molecule has 1 aromatic rings. The Labute approximate surface area is 179 Å². The molecule has 158 valence electrons. The van der Waals surface area contributed by atoms with Gasteiger partial charge in [-0.15, -0.1) is 0 Å². The van der Waals surface area contributed by atoms with E-state index in [-0.39, 0.29) is 5.91 Å². The highest BCUT2D eigenvalue weighted by atomic mass is 35.5. The van der Waals surface area contributed by atoms with Crippen LogP contribution in [0.2, 0.25) is 5.02 Å². The van der Waals surface area contributed by atoms with E-state index in [1.807, 2.05) is 18.2 Å². The van der Waals surface area contributed by atoms with Crippen LogP contribution in [0.3, 0.4) is 0 Å². The summed E-state index contributed by atoms with van der Waals surface area (Å²) in [5.74, 6) is 2.71. The molecule has 0 radical (unpaired) electrons. The van der Waals surface area contributed by atoms with E-state index in [0.29, 0.717) is 22.0 Å². The Morgan fingerprint density at radius 3 is 2.48 bits per heavy atom. The fraction of sp³-hybridized carbons (Fsp3) is 0.708. The average molecular weight is 416 g/mol. The Kier molecular flexibility index (Phi) is 5.38. The van der Waals surface area contributed by atoms with Crippen molar-refractivity contribution in [1.29, 1.82) is 0 Å². The molecule has 0 aromatic heterocycles. The first-order chi connectivity index (χ1) is 14.0. The zero-order valence-corrected chi connectivity index (χ0v) is 18.1. The van der Waals surface area contributed by atoms with Gasteiger partial charge < -0.3 is 16.0 Å². The Hall–Kier alpha value is -1.10. The topological polar surface area (TPSA) is 58.4 Å². The summed E-state index contributed by atoms with van der Waals surface area (Å²) in [7, 11) is 0. The summed E-state index contributed by atoms with van der Waals surface area (Å²) in [4.78, 5) is 15.4. The predicted molar refractivity (Wildman–Crippen MR) is 117 cm³/mol. The Morgan fingerprint density at radius 2 is 1.86 bits per heavy atom. The van der Waals surface area contributed by atoms with Gasteiger partial charge in [0.1, 0.15) is 0 Å². The third kappa shape index (κ3) is 4.22. The zero-order valence-electron chi connectivity index (χ0n) is 17.3. The number of hydrogen-bond acceptors (Lipinski definition) is 3. The molecule has 1 aliphatic heterocycles. The van der Waals surface area contributed by atoms with Gasteiger partial charge in [0.05, 0.1) is 10.6 Å². The maximum atomic E-state index is 13.0. The lowest BCUT2D eigenvalue weighted by molar-refractivity contribution is -0.0503. The van der Waals surface area contributed by atoms with Gasteiger partial charge >= 0.3 is 0 Å². The molecule has 0 spiro atoms. The first kappa shape index (κ1) is 19.8. The molecule has 5 fully saturated rings. The summed E-state index contributed by atoms with van der Waals surface area (Å²) < 4.78 is 0. The van der Waals surface area contributed by atoms with Crippen molar-refractivity contribution >= 4 is 17.5 Å². The smallest absolute Gasteiger partial charge is 0.252 e. The predicted octanol–water partition coefficient (Wildman–Crippen LogP) is 3.86. The lowest BCUT2D eigenvalue weighted by atomic mass is 9.49. The summed E-state index contributed by atoms with van der Waals surface area (Å²) >= 11 is 6.40. The van der Waals surface area contributed by atoms with Crippen molar-refractivity contribution in [3.05, 3.63) is 34.3 Å². The van der Waals surface area contributed by atoms with Crippen LogP contribution in [-0.2, 0) is 6.42 Å². The third-order valence-corrected chi connectivity index (χ3v) is 8.42. The highest BCUT2D eigenvalue weighted by Crippen LogP contribution is 2.59. The van der Waals surface area contributed by atoms with Gasteiger partial charge in [0.25, 0.3) is 5.91 Å². The van der Waals surface area contributed by atoms with E-state index in [1.165, 1.54) is 44.1 Å². The van der Waals surface area contributed by atoms with Crippen LogP contribution in [-0.4, -0.2) is 43.0 Å². The van der Waals surface area contributed by atoms with Gasteiger partial charge in [-0.2, -0.15) is 0 Å². The molecule has 1 amide bonds. The van der Waals surface area contributed by atoms with Crippen LogP contribution in [0.15, 0.2) is 18.2 Å². The summed E-state index contributed by atoms with van der Waals surface area (Å²) in [5, 5.41) is 3.83. The number of nitrogens with two attached hydrogens (primary N) is 1. The minimum atomic E-state index is -0.00390. The lowest BCUT2D eigenvalue weighted by Gasteiger charge is -2.56. The number of hydrogen-bond donors (Lipinski definition) is 2. The first-order valence-corrected chi connectivity index (χ1v) is 11.9. The van der Waals surface area contributed by atoms with Crippen molar-refractivity contribution in [2.75, 3.05) is 26.2 Å². The summed E-state index contributed by atoms with van der Waals surface area (Å²) in [6.07, 6.45) is 10.2. The second-order valence-electron chi connectivity index (χ2n) is 10.5. The van der Waals surface area contributed by atoms with Gasteiger partial charge in [-0.25, -0.2) is 0 Å². The van der Waals surface area contributed by atoms with Gasteiger partial charge in [0.2, 0.25) is 0 Å². The maximum absolute atomic E-state index is 13.0. The number of likely N-dealkylation sites (tertiary alicyclic amines) is 1. The largest absolute Gasteiger partial charge is 0.351 e. The van der Waals surface area contributed by atoms with E-state index in [1.54, 1.807) is 0 Å². The summed E-state index contributed by atoms with van der Waals surface area (Å²) in [6, 6.07) is 6.24. The molecule has 4 bridgehead atoms. The zero-order chi connectivity index (χ0) is 20.0. The molecule has 1 atom stereocenters. The third-order valence-electron chi connectivity index (χ3n) is 8.09. The molecule has 5 aliphatic rings. The standard InChI is InChI=1S/C24H34ClN3O/c25-22-2-1-16(3-5-28-6-4-20(26)14-28)10-21(22)23(29)27-15-24-11-17-7-18(12-24)9-19(8-17)13-24/h1-2,10,17-20H,3-9,11-15,26H2,(H,27,29)/t17?,18?,19?,20-,24?/m1/s1. The van der Waals surface area contributed by atoms with Gasteiger partial charge in [-0.3, -0.25) is 4.79 Å². The molecule has 29 heavy (non-hydrogen) atoms. The van der Waals surface area contributed by atoms with Crippen LogP contribution >= 0.6 is 11.6 Å². The molecule has 0 unspecified atom stereocenters. The fourth-order valence-electron chi connectivity index (χ4n) is 7.12. The molecule has 1 aromatic carbocycles. The number of benzene rings is 1. The Balaban J connectivity index is 1.20. The number of carbonyl (C=O) groups excluding carboxylic acids is 1.